The molecule has 0 spiro atoms. The standard InChI is InChI=1S/C29H33N7O2/c1-19(2)38-28-16-25(31-18-32-28)22-5-6-24-26(14-22)34-27(33-24)15-23-13-20(7-8-30-23)17-35-9-11-36(12-10-35)29(37)21-3-4-21/h5-8,13-14,16,18-19,21H,3-4,9-12,15,17H2,1-2H3,(H,33,34). The smallest absolute Gasteiger partial charge is 0.225 e. The van der Waals surface area contributed by atoms with Gasteiger partial charge in [0.25, 0.3) is 0 Å². The number of benzene rings is 1. The van der Waals surface area contributed by atoms with Gasteiger partial charge in [0.15, 0.2) is 0 Å². The third-order valence-corrected chi connectivity index (χ3v) is 7.07. The van der Waals surface area contributed by atoms with Crippen LogP contribution >= 0.6 is 0 Å². The van der Waals surface area contributed by atoms with Crippen LogP contribution in [-0.2, 0) is 17.8 Å². The zero-order chi connectivity index (χ0) is 26.1. The van der Waals surface area contributed by atoms with Gasteiger partial charge < -0.3 is 14.6 Å². The number of hydrogen-bond donors (Lipinski definition) is 1. The van der Waals surface area contributed by atoms with Crippen molar-refractivity contribution in [1.82, 2.24) is 34.7 Å². The molecule has 1 aliphatic carbocycles. The summed E-state index contributed by atoms with van der Waals surface area (Å²) < 4.78 is 5.72. The highest BCUT2D eigenvalue weighted by Crippen LogP contribution is 2.31. The number of carbonyl (C=O) groups excluding carboxylic acids is 1. The number of aromatic amines is 1. The molecule has 38 heavy (non-hydrogen) atoms. The van der Waals surface area contributed by atoms with Crippen molar-refractivity contribution in [1.29, 1.82) is 0 Å². The van der Waals surface area contributed by atoms with Crippen LogP contribution in [0.1, 0.15) is 43.8 Å². The van der Waals surface area contributed by atoms with E-state index >= 15 is 0 Å². The Kier molecular flexibility index (Phi) is 6.76. The number of aromatic nitrogens is 5. The van der Waals surface area contributed by atoms with E-state index in [0.29, 0.717) is 24.1 Å². The van der Waals surface area contributed by atoms with Crippen molar-refractivity contribution >= 4 is 16.9 Å². The first-order chi connectivity index (χ1) is 18.5. The molecule has 0 bridgehead atoms. The van der Waals surface area contributed by atoms with Crippen molar-refractivity contribution in [2.75, 3.05) is 26.2 Å². The first kappa shape index (κ1) is 24.5. The molecule has 2 aliphatic rings. The minimum Gasteiger partial charge on any atom is -0.475 e. The number of hydrogen-bond acceptors (Lipinski definition) is 7. The number of carbonyl (C=O) groups is 1. The first-order valence-corrected chi connectivity index (χ1v) is 13.4. The van der Waals surface area contributed by atoms with Crippen LogP contribution in [0.25, 0.3) is 22.3 Å². The molecule has 3 aromatic heterocycles. The summed E-state index contributed by atoms with van der Waals surface area (Å²) in [5.74, 6) is 2.10. The average Bonchev–Trinajstić information content (AvgIpc) is 3.68. The Labute approximate surface area is 222 Å². The lowest BCUT2D eigenvalue weighted by atomic mass is 10.1. The largest absolute Gasteiger partial charge is 0.475 e. The van der Waals surface area contributed by atoms with Gasteiger partial charge in [-0.25, -0.2) is 15.0 Å². The highest BCUT2D eigenvalue weighted by molar-refractivity contribution is 5.81. The lowest BCUT2D eigenvalue weighted by molar-refractivity contribution is -0.134. The van der Waals surface area contributed by atoms with E-state index in [9.17, 15) is 4.79 Å². The van der Waals surface area contributed by atoms with Crippen LogP contribution in [0.4, 0.5) is 0 Å². The highest BCUT2D eigenvalue weighted by atomic mass is 16.5. The normalized spacial score (nSPS) is 16.3. The van der Waals surface area contributed by atoms with Crippen molar-refractivity contribution in [2.45, 2.75) is 45.8 Å². The van der Waals surface area contributed by atoms with E-state index in [-0.39, 0.29) is 6.10 Å². The van der Waals surface area contributed by atoms with Gasteiger partial charge >= 0.3 is 0 Å². The molecule has 1 saturated heterocycles. The summed E-state index contributed by atoms with van der Waals surface area (Å²) in [5.41, 5.74) is 5.86. The van der Waals surface area contributed by atoms with Gasteiger partial charge in [-0.05, 0) is 56.5 Å². The first-order valence-electron chi connectivity index (χ1n) is 13.4. The lowest BCUT2D eigenvalue weighted by Gasteiger charge is -2.35. The van der Waals surface area contributed by atoms with Crippen LogP contribution in [0, 0.1) is 5.92 Å². The quantitative estimate of drug-likeness (QED) is 0.384. The van der Waals surface area contributed by atoms with E-state index in [0.717, 1.165) is 79.4 Å². The zero-order valence-corrected chi connectivity index (χ0v) is 21.9. The maximum absolute atomic E-state index is 12.3. The SMILES string of the molecule is CC(C)Oc1cc(-c2ccc3nc(Cc4cc(CN5CCN(C(=O)C6CC6)CC5)ccn4)[nH]c3c2)ncn1. The molecular formula is C29H33N7O2. The van der Waals surface area contributed by atoms with Crippen molar-refractivity contribution < 1.29 is 9.53 Å². The molecule has 1 aromatic carbocycles. The van der Waals surface area contributed by atoms with Gasteiger partial charge in [-0.15, -0.1) is 0 Å². The fourth-order valence-corrected chi connectivity index (χ4v) is 4.98. The third-order valence-electron chi connectivity index (χ3n) is 7.07. The molecule has 0 radical (unpaired) electrons. The van der Waals surface area contributed by atoms with E-state index in [1.165, 1.54) is 11.9 Å². The minimum absolute atomic E-state index is 0.0512. The Balaban J connectivity index is 1.11. The zero-order valence-electron chi connectivity index (χ0n) is 21.9. The van der Waals surface area contributed by atoms with Crippen LogP contribution in [-0.4, -0.2) is 72.9 Å². The van der Waals surface area contributed by atoms with Crippen LogP contribution in [0.3, 0.4) is 0 Å². The van der Waals surface area contributed by atoms with Crippen molar-refractivity contribution in [2.24, 2.45) is 5.92 Å². The number of rotatable bonds is 8. The average molecular weight is 512 g/mol. The van der Waals surface area contributed by atoms with E-state index in [1.54, 1.807) is 0 Å². The molecule has 6 rings (SSSR count). The minimum atomic E-state index is 0.0512. The second-order valence-corrected chi connectivity index (χ2v) is 10.5. The Morgan fingerprint density at radius 2 is 1.89 bits per heavy atom. The Hall–Kier alpha value is -3.85. The molecule has 2 fully saturated rings. The number of piperazine rings is 1. The van der Waals surface area contributed by atoms with Gasteiger partial charge in [0, 0.05) is 68.6 Å². The van der Waals surface area contributed by atoms with E-state index in [2.05, 4.69) is 43.0 Å². The van der Waals surface area contributed by atoms with Crippen LogP contribution in [0.2, 0.25) is 0 Å². The summed E-state index contributed by atoms with van der Waals surface area (Å²) in [6, 6.07) is 12.2. The van der Waals surface area contributed by atoms with Crippen LogP contribution < -0.4 is 4.74 Å². The number of ether oxygens (including phenoxy) is 1. The number of amides is 1. The molecular weight excluding hydrogens is 478 g/mol. The number of nitrogens with one attached hydrogen (secondary N) is 1. The molecule has 1 saturated carbocycles. The topological polar surface area (TPSA) is 100 Å². The van der Waals surface area contributed by atoms with E-state index < -0.39 is 0 Å². The maximum atomic E-state index is 12.3. The molecule has 9 nitrogen and oxygen atoms in total. The molecule has 0 atom stereocenters. The van der Waals surface area contributed by atoms with E-state index in [4.69, 9.17) is 9.72 Å². The fourth-order valence-electron chi connectivity index (χ4n) is 4.98. The maximum Gasteiger partial charge on any atom is 0.225 e. The summed E-state index contributed by atoms with van der Waals surface area (Å²) in [5, 5.41) is 0. The number of pyridine rings is 1. The van der Waals surface area contributed by atoms with E-state index in [1.807, 2.05) is 43.1 Å². The van der Waals surface area contributed by atoms with Gasteiger partial charge in [-0.1, -0.05) is 6.07 Å². The van der Waals surface area contributed by atoms with Crippen LogP contribution in [0.5, 0.6) is 5.88 Å². The predicted octanol–water partition coefficient (Wildman–Crippen LogP) is 3.85. The predicted molar refractivity (Wildman–Crippen MR) is 145 cm³/mol. The number of fused-ring (bicyclic) bond motifs is 1. The summed E-state index contributed by atoms with van der Waals surface area (Å²) in [7, 11) is 0. The molecule has 1 N–H and O–H groups in total. The molecule has 0 unspecified atom stereocenters. The Morgan fingerprint density at radius 1 is 1.05 bits per heavy atom. The van der Waals surface area contributed by atoms with Crippen LogP contribution in [0.15, 0.2) is 48.9 Å². The van der Waals surface area contributed by atoms with Gasteiger partial charge in [0.2, 0.25) is 11.8 Å². The molecule has 1 amide bonds. The highest BCUT2D eigenvalue weighted by Gasteiger charge is 2.34. The molecule has 4 aromatic rings. The molecule has 9 heteroatoms. The monoisotopic (exact) mass is 511 g/mol. The summed E-state index contributed by atoms with van der Waals surface area (Å²) in [4.78, 5) is 38.3. The summed E-state index contributed by atoms with van der Waals surface area (Å²) in [6.07, 6.45) is 6.23. The Bertz CT molecular complexity index is 1440. The summed E-state index contributed by atoms with van der Waals surface area (Å²) in [6.45, 7) is 8.31. The fraction of sp³-hybridized carbons (Fsp3) is 0.414. The van der Waals surface area contributed by atoms with Gasteiger partial charge in [0.1, 0.15) is 12.2 Å². The lowest BCUT2D eigenvalue weighted by Crippen LogP contribution is -2.48. The summed E-state index contributed by atoms with van der Waals surface area (Å²) >= 11 is 0. The second-order valence-electron chi connectivity index (χ2n) is 10.5. The van der Waals surface area contributed by atoms with Gasteiger partial charge in [0.05, 0.1) is 22.8 Å². The van der Waals surface area contributed by atoms with Crippen molar-refractivity contribution in [3.8, 4) is 17.1 Å². The number of imidazole rings is 1. The van der Waals surface area contributed by atoms with Gasteiger partial charge in [-0.3, -0.25) is 14.7 Å². The van der Waals surface area contributed by atoms with Gasteiger partial charge in [-0.2, -0.15) is 0 Å². The number of nitrogens with zero attached hydrogens (tertiary/aromatic N) is 6. The molecule has 1 aliphatic heterocycles. The third kappa shape index (κ3) is 5.67. The molecule has 196 valence electrons. The number of H-pyrrole nitrogens is 1. The Morgan fingerprint density at radius 3 is 2.68 bits per heavy atom. The van der Waals surface area contributed by atoms with Crippen molar-refractivity contribution in [3.05, 3.63) is 66.0 Å². The van der Waals surface area contributed by atoms with Crippen molar-refractivity contribution in [3.63, 3.8) is 0 Å². The second kappa shape index (κ2) is 10.5. The molecule has 4 heterocycles.